The SMILES string of the molecule is COc1ccc2c(c1)NC(=O)/C2=C\C(=O)O. The molecule has 0 radical (unpaired) electrons. The van der Waals surface area contributed by atoms with Gasteiger partial charge in [0.25, 0.3) is 5.91 Å². The third-order valence-corrected chi connectivity index (χ3v) is 2.28. The van der Waals surface area contributed by atoms with Gasteiger partial charge in [-0.25, -0.2) is 4.79 Å². The maximum atomic E-state index is 11.5. The molecule has 16 heavy (non-hydrogen) atoms. The first-order valence-corrected chi connectivity index (χ1v) is 4.56. The van der Waals surface area contributed by atoms with Crippen LogP contribution in [-0.4, -0.2) is 24.1 Å². The number of methoxy groups -OCH3 is 1. The van der Waals surface area contributed by atoms with Gasteiger partial charge in [-0.05, 0) is 12.1 Å². The molecule has 0 aliphatic carbocycles. The molecule has 2 rings (SSSR count). The Morgan fingerprint density at radius 1 is 1.50 bits per heavy atom. The van der Waals surface area contributed by atoms with Crippen molar-refractivity contribution < 1.29 is 19.4 Å². The van der Waals surface area contributed by atoms with Crippen LogP contribution in [0.2, 0.25) is 0 Å². The highest BCUT2D eigenvalue weighted by Gasteiger charge is 2.25. The summed E-state index contributed by atoms with van der Waals surface area (Å²) in [4.78, 5) is 22.0. The minimum absolute atomic E-state index is 0.158. The van der Waals surface area contributed by atoms with Gasteiger partial charge in [-0.3, -0.25) is 4.79 Å². The molecular weight excluding hydrogens is 210 g/mol. The second-order valence-electron chi connectivity index (χ2n) is 3.26. The number of nitrogens with one attached hydrogen (secondary N) is 1. The van der Waals surface area contributed by atoms with Crippen LogP contribution in [0.1, 0.15) is 5.56 Å². The number of carboxylic acids is 1. The maximum Gasteiger partial charge on any atom is 0.329 e. The van der Waals surface area contributed by atoms with Crippen molar-refractivity contribution in [2.24, 2.45) is 0 Å². The molecule has 0 bridgehead atoms. The number of aliphatic carboxylic acids is 1. The summed E-state index contributed by atoms with van der Waals surface area (Å²) in [5.41, 5.74) is 1.30. The molecule has 0 fully saturated rings. The molecule has 1 aliphatic heterocycles. The average Bonchev–Trinajstić information content (AvgIpc) is 2.54. The van der Waals surface area contributed by atoms with Crippen molar-refractivity contribution in [1.82, 2.24) is 0 Å². The van der Waals surface area contributed by atoms with Crippen molar-refractivity contribution in [3.63, 3.8) is 0 Å². The van der Waals surface area contributed by atoms with Gasteiger partial charge in [-0.1, -0.05) is 0 Å². The third kappa shape index (κ3) is 1.63. The Bertz CT molecular complexity index is 505. The molecule has 0 aromatic heterocycles. The average molecular weight is 219 g/mol. The van der Waals surface area contributed by atoms with Crippen LogP contribution in [0.15, 0.2) is 24.3 Å². The quantitative estimate of drug-likeness (QED) is 0.731. The molecular formula is C11H9NO4. The summed E-state index contributed by atoms with van der Waals surface area (Å²) in [5.74, 6) is -0.949. The summed E-state index contributed by atoms with van der Waals surface area (Å²) in [6.07, 6.45) is 0.896. The van der Waals surface area contributed by atoms with Crippen molar-refractivity contribution in [3.05, 3.63) is 29.8 Å². The van der Waals surface area contributed by atoms with Gasteiger partial charge in [0.15, 0.2) is 0 Å². The van der Waals surface area contributed by atoms with Gasteiger partial charge >= 0.3 is 5.97 Å². The van der Waals surface area contributed by atoms with E-state index in [2.05, 4.69) is 5.32 Å². The van der Waals surface area contributed by atoms with Crippen LogP contribution in [0.25, 0.3) is 5.57 Å². The smallest absolute Gasteiger partial charge is 0.329 e. The van der Waals surface area contributed by atoms with E-state index in [-0.39, 0.29) is 5.57 Å². The number of hydrogen-bond acceptors (Lipinski definition) is 3. The number of amides is 1. The molecule has 0 saturated carbocycles. The Kier molecular flexibility index (Phi) is 2.36. The summed E-state index contributed by atoms with van der Waals surface area (Å²) < 4.78 is 5.00. The van der Waals surface area contributed by atoms with Crippen LogP contribution < -0.4 is 10.1 Å². The van der Waals surface area contributed by atoms with E-state index in [1.54, 1.807) is 18.2 Å². The number of hydrogen-bond donors (Lipinski definition) is 2. The first-order valence-electron chi connectivity index (χ1n) is 4.56. The molecule has 1 aromatic rings. The molecule has 1 aromatic carbocycles. The predicted molar refractivity (Wildman–Crippen MR) is 57.2 cm³/mol. The van der Waals surface area contributed by atoms with Crippen molar-refractivity contribution >= 4 is 23.1 Å². The summed E-state index contributed by atoms with van der Waals surface area (Å²) in [7, 11) is 1.52. The summed E-state index contributed by atoms with van der Waals surface area (Å²) >= 11 is 0. The van der Waals surface area contributed by atoms with E-state index in [9.17, 15) is 9.59 Å². The van der Waals surface area contributed by atoms with Gasteiger partial charge in [0.1, 0.15) is 5.75 Å². The molecule has 82 valence electrons. The number of fused-ring (bicyclic) bond motifs is 1. The summed E-state index contributed by atoms with van der Waals surface area (Å²) in [5, 5.41) is 11.2. The van der Waals surface area contributed by atoms with Gasteiger partial charge in [0.05, 0.1) is 18.4 Å². The van der Waals surface area contributed by atoms with E-state index in [0.717, 1.165) is 6.08 Å². The number of benzene rings is 1. The molecule has 1 heterocycles. The molecule has 1 aliphatic rings. The van der Waals surface area contributed by atoms with Gasteiger partial charge in [0, 0.05) is 17.7 Å². The van der Waals surface area contributed by atoms with Gasteiger partial charge < -0.3 is 15.2 Å². The van der Waals surface area contributed by atoms with Gasteiger partial charge in [-0.2, -0.15) is 0 Å². The van der Waals surface area contributed by atoms with Crippen molar-refractivity contribution in [3.8, 4) is 5.75 Å². The van der Waals surface area contributed by atoms with Crippen molar-refractivity contribution in [1.29, 1.82) is 0 Å². The highest BCUT2D eigenvalue weighted by Crippen LogP contribution is 2.34. The minimum Gasteiger partial charge on any atom is -0.497 e. The highest BCUT2D eigenvalue weighted by molar-refractivity contribution is 6.33. The molecule has 0 spiro atoms. The third-order valence-electron chi connectivity index (χ3n) is 2.28. The summed E-state index contributed by atoms with van der Waals surface area (Å²) in [6, 6.07) is 4.98. The van der Waals surface area contributed by atoms with Gasteiger partial charge in [-0.15, -0.1) is 0 Å². The Labute approximate surface area is 91.3 Å². The lowest BCUT2D eigenvalue weighted by molar-refractivity contribution is -0.131. The Morgan fingerprint density at radius 2 is 2.25 bits per heavy atom. The lowest BCUT2D eigenvalue weighted by Gasteiger charge is -2.02. The monoisotopic (exact) mass is 219 g/mol. The Hall–Kier alpha value is -2.30. The number of ether oxygens (including phenoxy) is 1. The molecule has 1 amide bonds. The number of rotatable bonds is 2. The highest BCUT2D eigenvalue weighted by atomic mass is 16.5. The van der Waals surface area contributed by atoms with E-state index in [0.29, 0.717) is 17.0 Å². The van der Waals surface area contributed by atoms with Crippen molar-refractivity contribution in [2.75, 3.05) is 12.4 Å². The first-order chi connectivity index (χ1) is 7.61. The van der Waals surface area contributed by atoms with E-state index in [4.69, 9.17) is 9.84 Å². The second-order valence-corrected chi connectivity index (χ2v) is 3.26. The fourth-order valence-corrected chi connectivity index (χ4v) is 1.57. The first kappa shape index (κ1) is 10.2. The lowest BCUT2D eigenvalue weighted by Crippen LogP contribution is -2.05. The molecule has 5 heteroatoms. The molecule has 0 saturated heterocycles. The zero-order valence-electron chi connectivity index (χ0n) is 8.48. The van der Waals surface area contributed by atoms with Crippen LogP contribution >= 0.6 is 0 Å². The zero-order chi connectivity index (χ0) is 11.7. The number of carbonyl (C=O) groups is 2. The normalized spacial score (nSPS) is 15.8. The van der Waals surface area contributed by atoms with E-state index < -0.39 is 11.9 Å². The number of carbonyl (C=O) groups excluding carboxylic acids is 1. The number of anilines is 1. The molecule has 5 nitrogen and oxygen atoms in total. The number of carboxylic acid groups (broad SMARTS) is 1. The molecule has 2 N–H and O–H groups in total. The van der Waals surface area contributed by atoms with Gasteiger partial charge in [0.2, 0.25) is 0 Å². The van der Waals surface area contributed by atoms with Crippen LogP contribution in [-0.2, 0) is 9.59 Å². The lowest BCUT2D eigenvalue weighted by atomic mass is 10.1. The second kappa shape index (κ2) is 3.69. The van der Waals surface area contributed by atoms with E-state index in [1.165, 1.54) is 7.11 Å². The van der Waals surface area contributed by atoms with Crippen LogP contribution in [0.5, 0.6) is 5.75 Å². The Balaban J connectivity index is 2.50. The van der Waals surface area contributed by atoms with Crippen molar-refractivity contribution in [2.45, 2.75) is 0 Å². The summed E-state index contributed by atoms with van der Waals surface area (Å²) in [6.45, 7) is 0. The fourth-order valence-electron chi connectivity index (χ4n) is 1.57. The minimum atomic E-state index is -1.14. The maximum absolute atomic E-state index is 11.5. The molecule has 0 atom stereocenters. The topological polar surface area (TPSA) is 75.6 Å². The van der Waals surface area contributed by atoms with Crippen LogP contribution in [0, 0.1) is 0 Å². The van der Waals surface area contributed by atoms with Crippen LogP contribution in [0.4, 0.5) is 5.69 Å². The zero-order valence-corrected chi connectivity index (χ0v) is 8.48. The Morgan fingerprint density at radius 3 is 2.88 bits per heavy atom. The predicted octanol–water partition coefficient (Wildman–Crippen LogP) is 1.12. The van der Waals surface area contributed by atoms with E-state index >= 15 is 0 Å². The standard InChI is InChI=1S/C11H9NO4/c1-16-6-2-3-7-8(5-10(13)14)11(15)12-9(7)4-6/h2-5H,1H3,(H,12,15)(H,13,14)/b8-5-. The van der Waals surface area contributed by atoms with E-state index in [1.807, 2.05) is 0 Å². The van der Waals surface area contributed by atoms with Crippen LogP contribution in [0.3, 0.4) is 0 Å². The fraction of sp³-hybridized carbons (Fsp3) is 0.0909. The molecule has 0 unspecified atom stereocenters. The largest absolute Gasteiger partial charge is 0.497 e.